The highest BCUT2D eigenvalue weighted by Gasteiger charge is 2.59. The van der Waals surface area contributed by atoms with E-state index in [2.05, 4.69) is 15.5 Å². The van der Waals surface area contributed by atoms with Gasteiger partial charge in [-0.3, -0.25) is 28.9 Å². The molecule has 33 heavy (non-hydrogen) atoms. The third kappa shape index (κ3) is 4.06. The Morgan fingerprint density at radius 1 is 1.30 bits per heavy atom. The van der Waals surface area contributed by atoms with Crippen LogP contribution in [0.2, 0.25) is 0 Å². The zero-order chi connectivity index (χ0) is 23.9. The third-order valence-corrected chi connectivity index (χ3v) is 6.76. The first-order valence-electron chi connectivity index (χ1n) is 11.3. The fourth-order valence-electron chi connectivity index (χ4n) is 4.80. The SMILES string of the molecule is [C-]#[N+][C@@H]1C[C@@]2(CN1C(=O)[C@H](CC(C)C)N(C)C(=O)C(=O)NC1CC1)C(=O)Nc1ccccc12. The van der Waals surface area contributed by atoms with E-state index >= 15 is 0 Å². The topological polar surface area (TPSA) is 103 Å². The molecular weight excluding hydrogens is 422 g/mol. The first kappa shape index (κ1) is 22.8. The Labute approximate surface area is 193 Å². The molecule has 0 aromatic heterocycles. The summed E-state index contributed by atoms with van der Waals surface area (Å²) in [7, 11) is 1.45. The number of hydrogen-bond donors (Lipinski definition) is 2. The van der Waals surface area contributed by atoms with Crippen LogP contribution in [0, 0.1) is 12.5 Å². The summed E-state index contributed by atoms with van der Waals surface area (Å²) in [4.78, 5) is 58.1. The number of likely N-dealkylation sites (N-methyl/N-ethyl adjacent to an activating group) is 1. The van der Waals surface area contributed by atoms with Crippen LogP contribution in [-0.2, 0) is 24.6 Å². The second-order valence-corrected chi connectivity index (χ2v) is 9.67. The Balaban J connectivity index is 1.60. The molecule has 2 aliphatic heterocycles. The Kier molecular flexibility index (Phi) is 5.87. The molecule has 3 atom stereocenters. The fraction of sp³-hybridized carbons (Fsp3) is 0.542. The van der Waals surface area contributed by atoms with Crippen molar-refractivity contribution in [3.8, 4) is 0 Å². The summed E-state index contributed by atoms with van der Waals surface area (Å²) < 4.78 is 0. The highest BCUT2D eigenvalue weighted by Crippen LogP contribution is 2.46. The Hall–Kier alpha value is -3.41. The molecule has 1 aromatic carbocycles. The number of fused-ring (bicyclic) bond motifs is 2. The minimum absolute atomic E-state index is 0.0278. The van der Waals surface area contributed by atoms with Gasteiger partial charge in [0.25, 0.3) is 5.91 Å². The number of carbonyl (C=O) groups excluding carboxylic acids is 4. The number of amides is 4. The van der Waals surface area contributed by atoms with Crippen LogP contribution in [-0.4, -0.2) is 65.3 Å². The van der Waals surface area contributed by atoms with Crippen molar-refractivity contribution in [2.24, 2.45) is 5.92 Å². The number of anilines is 1. The van der Waals surface area contributed by atoms with E-state index in [1.54, 1.807) is 0 Å². The summed E-state index contributed by atoms with van der Waals surface area (Å²) in [6.45, 7) is 11.6. The Bertz CT molecular complexity index is 1040. The lowest BCUT2D eigenvalue weighted by molar-refractivity contribution is -0.151. The number of carbonyl (C=O) groups is 4. The number of rotatable bonds is 5. The minimum Gasteiger partial charge on any atom is -0.345 e. The van der Waals surface area contributed by atoms with Crippen LogP contribution in [0.15, 0.2) is 24.3 Å². The highest BCUT2D eigenvalue weighted by atomic mass is 16.2. The molecule has 0 bridgehead atoms. The van der Waals surface area contributed by atoms with Crippen LogP contribution >= 0.6 is 0 Å². The molecular formula is C24H29N5O4. The van der Waals surface area contributed by atoms with Crippen molar-refractivity contribution >= 4 is 29.3 Å². The van der Waals surface area contributed by atoms with Gasteiger partial charge in [0.05, 0.1) is 6.42 Å². The summed E-state index contributed by atoms with van der Waals surface area (Å²) in [6.07, 6.45) is 1.41. The van der Waals surface area contributed by atoms with Crippen LogP contribution in [0.5, 0.6) is 0 Å². The first-order chi connectivity index (χ1) is 15.7. The fourth-order valence-corrected chi connectivity index (χ4v) is 4.80. The molecule has 3 aliphatic rings. The number of nitrogens with one attached hydrogen (secondary N) is 2. The molecule has 4 amide bonds. The quantitative estimate of drug-likeness (QED) is 0.523. The van der Waals surface area contributed by atoms with Gasteiger partial charge in [-0.15, -0.1) is 0 Å². The minimum atomic E-state index is -0.990. The number of hydrogen-bond acceptors (Lipinski definition) is 4. The van der Waals surface area contributed by atoms with Gasteiger partial charge in [0.1, 0.15) is 11.5 Å². The van der Waals surface area contributed by atoms with E-state index in [1.165, 1.54) is 16.8 Å². The van der Waals surface area contributed by atoms with Crippen molar-refractivity contribution in [2.45, 2.75) is 63.2 Å². The van der Waals surface area contributed by atoms with Gasteiger partial charge in [-0.2, -0.15) is 0 Å². The van der Waals surface area contributed by atoms with Gasteiger partial charge in [-0.05, 0) is 36.8 Å². The molecule has 4 rings (SSSR count). The van der Waals surface area contributed by atoms with Gasteiger partial charge < -0.3 is 15.5 Å². The second kappa shape index (κ2) is 8.50. The maximum absolute atomic E-state index is 13.7. The van der Waals surface area contributed by atoms with E-state index in [-0.39, 0.29) is 30.8 Å². The van der Waals surface area contributed by atoms with Gasteiger partial charge in [-0.1, -0.05) is 32.0 Å². The monoisotopic (exact) mass is 451 g/mol. The van der Waals surface area contributed by atoms with E-state index in [9.17, 15) is 19.2 Å². The predicted molar refractivity (Wildman–Crippen MR) is 121 cm³/mol. The molecule has 1 saturated carbocycles. The summed E-state index contributed by atoms with van der Waals surface area (Å²) in [5, 5.41) is 5.55. The molecule has 9 heteroatoms. The molecule has 1 aromatic rings. The van der Waals surface area contributed by atoms with E-state index in [0.717, 1.165) is 18.4 Å². The number of benzene rings is 1. The van der Waals surface area contributed by atoms with Crippen molar-refractivity contribution in [3.63, 3.8) is 0 Å². The van der Waals surface area contributed by atoms with Gasteiger partial charge >= 0.3 is 18.0 Å². The molecule has 2 N–H and O–H groups in total. The third-order valence-electron chi connectivity index (χ3n) is 6.76. The Morgan fingerprint density at radius 3 is 2.64 bits per heavy atom. The first-order valence-corrected chi connectivity index (χ1v) is 11.3. The second-order valence-electron chi connectivity index (χ2n) is 9.67. The van der Waals surface area contributed by atoms with Crippen LogP contribution < -0.4 is 10.6 Å². The van der Waals surface area contributed by atoms with Crippen LogP contribution in [0.1, 0.15) is 45.1 Å². The normalized spacial score (nSPS) is 24.3. The smallest absolute Gasteiger partial charge is 0.312 e. The lowest BCUT2D eigenvalue weighted by atomic mass is 9.80. The Morgan fingerprint density at radius 2 is 2.00 bits per heavy atom. The summed E-state index contributed by atoms with van der Waals surface area (Å²) in [5.74, 6) is -2.04. The molecule has 1 saturated heterocycles. The zero-order valence-corrected chi connectivity index (χ0v) is 19.1. The van der Waals surface area contributed by atoms with Gasteiger partial charge in [-0.25, -0.2) is 6.57 Å². The maximum atomic E-state index is 13.7. The highest BCUT2D eigenvalue weighted by molar-refractivity contribution is 6.35. The molecule has 174 valence electrons. The average molecular weight is 452 g/mol. The molecule has 1 spiro atoms. The maximum Gasteiger partial charge on any atom is 0.312 e. The van der Waals surface area contributed by atoms with E-state index < -0.39 is 35.3 Å². The number of para-hydroxylation sites is 1. The molecule has 1 aliphatic carbocycles. The van der Waals surface area contributed by atoms with Crippen molar-refractivity contribution in [1.82, 2.24) is 15.1 Å². The summed E-state index contributed by atoms with van der Waals surface area (Å²) in [6, 6.07) is 6.46. The zero-order valence-electron chi connectivity index (χ0n) is 19.1. The lowest BCUT2D eigenvalue weighted by Crippen LogP contribution is -2.54. The average Bonchev–Trinajstić information content (AvgIpc) is 3.45. The number of likely N-dealkylation sites (tertiary alicyclic amines) is 1. The lowest BCUT2D eigenvalue weighted by Gasteiger charge is -2.31. The van der Waals surface area contributed by atoms with E-state index in [0.29, 0.717) is 12.1 Å². The van der Waals surface area contributed by atoms with E-state index in [4.69, 9.17) is 6.57 Å². The summed E-state index contributed by atoms with van der Waals surface area (Å²) >= 11 is 0. The van der Waals surface area contributed by atoms with E-state index in [1.807, 2.05) is 38.1 Å². The molecule has 0 radical (unpaired) electrons. The predicted octanol–water partition coefficient (Wildman–Crippen LogP) is 1.51. The summed E-state index contributed by atoms with van der Waals surface area (Å²) in [5.41, 5.74) is 0.492. The van der Waals surface area contributed by atoms with Crippen molar-refractivity contribution in [1.29, 1.82) is 0 Å². The van der Waals surface area contributed by atoms with Gasteiger partial charge in [0.15, 0.2) is 0 Å². The standard InChI is InChI=1S/C24H29N5O4/c1-14(2)11-18(28(4)22(32)20(30)26-15-9-10-15)21(31)29-13-24(12-19(29)25-3)16-7-5-6-8-17(16)27-23(24)33/h5-8,14-15,18-19H,9-13H2,1-2,4H3,(H,26,30)(H,27,33)/t18-,19-,24-/m0/s1. The molecule has 9 nitrogen and oxygen atoms in total. The van der Waals surface area contributed by atoms with Gasteiger partial charge in [0, 0.05) is 25.3 Å². The van der Waals surface area contributed by atoms with Crippen LogP contribution in [0.3, 0.4) is 0 Å². The van der Waals surface area contributed by atoms with Crippen LogP contribution in [0.4, 0.5) is 5.69 Å². The van der Waals surface area contributed by atoms with Gasteiger partial charge in [0.2, 0.25) is 5.91 Å². The largest absolute Gasteiger partial charge is 0.345 e. The van der Waals surface area contributed by atoms with Crippen molar-refractivity contribution in [3.05, 3.63) is 41.2 Å². The molecule has 0 unspecified atom stereocenters. The number of nitrogens with zero attached hydrogens (tertiary/aromatic N) is 3. The van der Waals surface area contributed by atoms with Crippen molar-refractivity contribution in [2.75, 3.05) is 18.9 Å². The molecule has 2 fully saturated rings. The van der Waals surface area contributed by atoms with Crippen LogP contribution in [0.25, 0.3) is 4.85 Å². The van der Waals surface area contributed by atoms with Crippen molar-refractivity contribution < 1.29 is 19.2 Å². The molecule has 2 heterocycles.